The Morgan fingerprint density at radius 3 is 2.64 bits per heavy atom. The van der Waals surface area contributed by atoms with Gasteiger partial charge in [0.2, 0.25) is 5.91 Å². The zero-order valence-corrected chi connectivity index (χ0v) is 13.2. The molecule has 2 unspecified atom stereocenters. The number of hydrogen-bond acceptors (Lipinski definition) is 2. The quantitative estimate of drug-likeness (QED) is 0.876. The fraction of sp³-hybridized carbons (Fsp3) is 0.556. The summed E-state index contributed by atoms with van der Waals surface area (Å²) in [5, 5.41) is 8.90. The van der Waals surface area contributed by atoms with Crippen LogP contribution in [0, 0.1) is 0 Å². The summed E-state index contributed by atoms with van der Waals surface area (Å²) in [4.78, 5) is 25.7. The number of benzene rings is 1. The first kappa shape index (κ1) is 16.5. The van der Waals surface area contributed by atoms with Crippen molar-refractivity contribution in [3.63, 3.8) is 0 Å². The van der Waals surface area contributed by atoms with E-state index in [0.29, 0.717) is 6.42 Å². The summed E-state index contributed by atoms with van der Waals surface area (Å²) in [5.41, 5.74) is 1.05. The summed E-state index contributed by atoms with van der Waals surface area (Å²) in [7, 11) is 0. The van der Waals surface area contributed by atoms with Crippen molar-refractivity contribution in [1.82, 2.24) is 4.90 Å². The minimum Gasteiger partial charge on any atom is -0.481 e. The van der Waals surface area contributed by atoms with Crippen LogP contribution in [0.25, 0.3) is 0 Å². The van der Waals surface area contributed by atoms with E-state index in [4.69, 9.17) is 5.11 Å². The van der Waals surface area contributed by atoms with E-state index < -0.39 is 5.97 Å². The lowest BCUT2D eigenvalue weighted by molar-refractivity contribution is -0.140. The van der Waals surface area contributed by atoms with Crippen molar-refractivity contribution in [2.24, 2.45) is 0 Å². The third-order valence-electron chi connectivity index (χ3n) is 4.51. The SMILES string of the molecule is CCC(C(=O)N1CCCCC1CCC(=O)O)c1ccccc1. The number of piperidine rings is 1. The molecular formula is C18H25NO3. The van der Waals surface area contributed by atoms with Crippen LogP contribution in [0.2, 0.25) is 0 Å². The van der Waals surface area contributed by atoms with E-state index in [9.17, 15) is 9.59 Å². The highest BCUT2D eigenvalue weighted by Gasteiger charge is 2.31. The number of carbonyl (C=O) groups is 2. The number of carbonyl (C=O) groups excluding carboxylic acids is 1. The van der Waals surface area contributed by atoms with E-state index in [1.165, 1.54) is 0 Å². The number of rotatable bonds is 6. The zero-order valence-electron chi connectivity index (χ0n) is 13.2. The first-order valence-corrected chi connectivity index (χ1v) is 8.20. The number of carboxylic acids is 1. The van der Waals surface area contributed by atoms with Crippen molar-refractivity contribution < 1.29 is 14.7 Å². The predicted octanol–water partition coefficient (Wildman–Crippen LogP) is 3.43. The molecule has 0 bridgehead atoms. The van der Waals surface area contributed by atoms with Gasteiger partial charge >= 0.3 is 5.97 Å². The second-order valence-electron chi connectivity index (χ2n) is 5.99. The number of hydrogen-bond donors (Lipinski definition) is 1. The van der Waals surface area contributed by atoms with Gasteiger partial charge in [-0.05, 0) is 37.7 Å². The van der Waals surface area contributed by atoms with Crippen molar-refractivity contribution in [2.45, 2.75) is 57.4 Å². The van der Waals surface area contributed by atoms with Gasteiger partial charge in [0.25, 0.3) is 0 Å². The standard InChI is InChI=1S/C18H25NO3/c1-2-16(14-8-4-3-5-9-14)18(22)19-13-7-6-10-15(19)11-12-17(20)21/h3-5,8-9,15-16H,2,6-7,10-13H2,1H3,(H,20,21). The number of aliphatic carboxylic acids is 1. The lowest BCUT2D eigenvalue weighted by Crippen LogP contribution is -2.46. The Hall–Kier alpha value is -1.84. The Kier molecular flexibility index (Phi) is 5.99. The minimum absolute atomic E-state index is 0.0788. The van der Waals surface area contributed by atoms with E-state index in [2.05, 4.69) is 0 Å². The zero-order chi connectivity index (χ0) is 15.9. The molecule has 1 aromatic rings. The van der Waals surface area contributed by atoms with Crippen LogP contribution in [0.3, 0.4) is 0 Å². The second kappa shape index (κ2) is 7.97. The maximum Gasteiger partial charge on any atom is 0.303 e. The fourth-order valence-corrected chi connectivity index (χ4v) is 3.32. The van der Waals surface area contributed by atoms with Crippen molar-refractivity contribution in [3.05, 3.63) is 35.9 Å². The van der Waals surface area contributed by atoms with Gasteiger partial charge in [-0.3, -0.25) is 9.59 Å². The normalized spacial score (nSPS) is 19.7. The highest BCUT2D eigenvalue weighted by Crippen LogP contribution is 2.28. The van der Waals surface area contributed by atoms with Crippen LogP contribution in [0.4, 0.5) is 0 Å². The molecule has 22 heavy (non-hydrogen) atoms. The number of nitrogens with zero attached hydrogens (tertiary/aromatic N) is 1. The lowest BCUT2D eigenvalue weighted by atomic mass is 9.91. The van der Waals surface area contributed by atoms with Crippen molar-refractivity contribution in [3.8, 4) is 0 Å². The lowest BCUT2D eigenvalue weighted by Gasteiger charge is -2.38. The van der Waals surface area contributed by atoms with E-state index >= 15 is 0 Å². The summed E-state index contributed by atoms with van der Waals surface area (Å²) < 4.78 is 0. The highest BCUT2D eigenvalue weighted by atomic mass is 16.4. The van der Waals surface area contributed by atoms with Gasteiger partial charge in [-0.1, -0.05) is 37.3 Å². The Morgan fingerprint density at radius 1 is 1.27 bits per heavy atom. The van der Waals surface area contributed by atoms with Gasteiger partial charge in [-0.25, -0.2) is 0 Å². The third kappa shape index (κ3) is 4.09. The molecule has 0 aliphatic carbocycles. The maximum absolute atomic E-state index is 13.0. The smallest absolute Gasteiger partial charge is 0.303 e. The molecule has 1 amide bonds. The van der Waals surface area contributed by atoms with Crippen LogP contribution < -0.4 is 0 Å². The van der Waals surface area contributed by atoms with Crippen molar-refractivity contribution >= 4 is 11.9 Å². The predicted molar refractivity (Wildman–Crippen MR) is 85.7 cm³/mol. The average molecular weight is 303 g/mol. The second-order valence-corrected chi connectivity index (χ2v) is 5.99. The Balaban J connectivity index is 2.11. The van der Waals surface area contributed by atoms with Crippen LogP contribution in [-0.2, 0) is 9.59 Å². The van der Waals surface area contributed by atoms with E-state index in [-0.39, 0.29) is 24.3 Å². The molecule has 0 spiro atoms. The molecule has 1 aliphatic rings. The molecule has 4 nitrogen and oxygen atoms in total. The summed E-state index contributed by atoms with van der Waals surface area (Å²) in [6, 6.07) is 9.96. The largest absolute Gasteiger partial charge is 0.481 e. The first-order valence-electron chi connectivity index (χ1n) is 8.20. The van der Waals surface area contributed by atoms with Crippen LogP contribution in [-0.4, -0.2) is 34.5 Å². The molecule has 0 saturated carbocycles. The van der Waals surface area contributed by atoms with E-state index in [0.717, 1.165) is 37.8 Å². The van der Waals surface area contributed by atoms with Gasteiger partial charge in [-0.2, -0.15) is 0 Å². The molecule has 2 rings (SSSR count). The third-order valence-corrected chi connectivity index (χ3v) is 4.51. The topological polar surface area (TPSA) is 57.6 Å². The molecule has 1 aliphatic heterocycles. The van der Waals surface area contributed by atoms with Crippen molar-refractivity contribution in [1.29, 1.82) is 0 Å². The van der Waals surface area contributed by atoms with Crippen LogP contribution in [0.5, 0.6) is 0 Å². The molecule has 120 valence electrons. The fourth-order valence-electron chi connectivity index (χ4n) is 3.32. The summed E-state index contributed by atoms with van der Waals surface area (Å²) in [6.45, 7) is 2.79. The van der Waals surface area contributed by atoms with E-state index in [1.807, 2.05) is 42.2 Å². The van der Waals surface area contributed by atoms with Gasteiger partial charge in [0, 0.05) is 19.0 Å². The summed E-state index contributed by atoms with van der Waals surface area (Å²) >= 11 is 0. The molecule has 0 radical (unpaired) electrons. The monoisotopic (exact) mass is 303 g/mol. The molecule has 1 fully saturated rings. The van der Waals surface area contributed by atoms with Gasteiger partial charge in [0.1, 0.15) is 0 Å². The molecule has 1 N–H and O–H groups in total. The number of likely N-dealkylation sites (tertiary alicyclic amines) is 1. The van der Waals surface area contributed by atoms with Gasteiger partial charge in [0.05, 0.1) is 5.92 Å². The van der Waals surface area contributed by atoms with Gasteiger partial charge in [0.15, 0.2) is 0 Å². The molecule has 2 atom stereocenters. The van der Waals surface area contributed by atoms with Crippen LogP contribution in [0.1, 0.15) is 56.9 Å². The van der Waals surface area contributed by atoms with Crippen LogP contribution >= 0.6 is 0 Å². The molecular weight excluding hydrogens is 278 g/mol. The number of carboxylic acid groups (broad SMARTS) is 1. The molecule has 1 aromatic carbocycles. The average Bonchev–Trinajstić information content (AvgIpc) is 2.55. The summed E-state index contributed by atoms with van der Waals surface area (Å²) in [5.74, 6) is -0.747. The van der Waals surface area contributed by atoms with E-state index in [1.54, 1.807) is 0 Å². The molecule has 4 heteroatoms. The Morgan fingerprint density at radius 2 is 2.00 bits per heavy atom. The summed E-state index contributed by atoms with van der Waals surface area (Å²) in [6.07, 6.45) is 4.48. The van der Waals surface area contributed by atoms with Gasteiger partial charge < -0.3 is 10.0 Å². The Labute approximate surface area is 132 Å². The minimum atomic E-state index is -0.784. The molecule has 1 saturated heterocycles. The molecule has 0 aromatic heterocycles. The maximum atomic E-state index is 13.0. The molecule has 1 heterocycles. The highest BCUT2D eigenvalue weighted by molar-refractivity contribution is 5.84. The van der Waals surface area contributed by atoms with Gasteiger partial charge in [-0.15, -0.1) is 0 Å². The van der Waals surface area contributed by atoms with Crippen molar-refractivity contribution in [2.75, 3.05) is 6.54 Å². The Bertz CT molecular complexity index is 500. The number of amides is 1. The first-order chi connectivity index (χ1) is 10.6. The van der Waals surface area contributed by atoms with Crippen LogP contribution in [0.15, 0.2) is 30.3 Å².